The van der Waals surface area contributed by atoms with E-state index in [0.29, 0.717) is 47.6 Å². The molecule has 0 aliphatic rings. The van der Waals surface area contributed by atoms with Crippen LogP contribution < -0.4 is 22.3 Å². The Labute approximate surface area is 684 Å². The first kappa shape index (κ1) is 107. The van der Waals surface area contributed by atoms with Crippen molar-refractivity contribution in [3.8, 4) is 0 Å². The van der Waals surface area contributed by atoms with Crippen molar-refractivity contribution in [3.05, 3.63) is 82.8 Å². The smallest absolute Gasteiger partial charge is 0.313 e. The second-order valence-corrected chi connectivity index (χ2v) is 53.8. The van der Waals surface area contributed by atoms with Gasteiger partial charge in [0.05, 0.1) is 74.2 Å². The molecule has 0 fully saturated rings. The van der Waals surface area contributed by atoms with Crippen molar-refractivity contribution in [3.63, 3.8) is 0 Å². The van der Waals surface area contributed by atoms with E-state index in [2.05, 4.69) is 223 Å². The molecule has 6 rings (SSSR count). The fourth-order valence-corrected chi connectivity index (χ4v) is 15.9. The second-order valence-electron chi connectivity index (χ2n) is 27.7. The average molecular weight is 1890 g/mol. The molecule has 0 spiro atoms. The lowest BCUT2D eigenvalue weighted by Crippen LogP contribution is -2.41. The number of nitrogen functional groups attached to an aromatic ring is 1. The van der Waals surface area contributed by atoms with Gasteiger partial charge in [0.1, 0.15) is 27.6 Å². The molecule has 6 aromatic heterocycles. The lowest BCUT2D eigenvalue weighted by Gasteiger charge is -2.36. The molecule has 0 saturated carbocycles. The number of alkyl halides is 1. The van der Waals surface area contributed by atoms with E-state index in [4.69, 9.17) is 46.0 Å². The minimum absolute atomic E-state index is 0.000000000000000222. The number of aliphatic hydroxyl groups is 4. The predicted molar refractivity (Wildman–Crippen MR) is 451 cm³/mol. The van der Waals surface area contributed by atoms with Crippen molar-refractivity contribution in [1.82, 2.24) is 29.9 Å². The summed E-state index contributed by atoms with van der Waals surface area (Å²) >= 11 is 27.4. The van der Waals surface area contributed by atoms with Crippen molar-refractivity contribution in [1.29, 1.82) is 0 Å². The van der Waals surface area contributed by atoms with Gasteiger partial charge in [-0.2, -0.15) is 0 Å². The molecule has 0 saturated heterocycles. The maximum Gasteiger partial charge on any atom is 0.313 e. The number of thiazole rings is 6. The number of carbonyl (C=O) groups is 4. The van der Waals surface area contributed by atoms with Gasteiger partial charge in [0.2, 0.25) is 10.0 Å². The van der Waals surface area contributed by atoms with Gasteiger partial charge in [-0.1, -0.05) is 62.3 Å². The molecule has 0 radical (unpaired) electrons. The molecule has 602 valence electrons. The van der Waals surface area contributed by atoms with Gasteiger partial charge in [-0.25, -0.2) is 43.5 Å². The fraction of sp³-hybridized carbons (Fsp3) is 0.641. The number of ketones is 1. The van der Waals surface area contributed by atoms with Crippen LogP contribution in [0.5, 0.6) is 0 Å². The van der Waals surface area contributed by atoms with Gasteiger partial charge in [0.25, 0.3) is 0 Å². The van der Waals surface area contributed by atoms with E-state index in [1.165, 1.54) is 66.7 Å². The molecular formula is C64H112Br3ClN10O16S8Si3. The zero-order valence-electron chi connectivity index (χ0n) is 64.5. The first-order valence-electron chi connectivity index (χ1n) is 32.2. The Bertz CT molecular complexity index is 3530. The normalized spacial score (nSPS) is 11.7. The summed E-state index contributed by atoms with van der Waals surface area (Å²) < 4.78 is 57.5. The Kier molecular flexibility index (Phi) is 51.8. The largest absolute Gasteiger partial charge is 0.469 e. The van der Waals surface area contributed by atoms with Crippen molar-refractivity contribution in [2.75, 3.05) is 66.0 Å². The molecule has 0 unspecified atom stereocenters. The highest BCUT2D eigenvalue weighted by molar-refractivity contribution is 9.11. The van der Waals surface area contributed by atoms with E-state index in [0.717, 1.165) is 70.3 Å². The number of halogens is 4. The van der Waals surface area contributed by atoms with Crippen LogP contribution in [0.2, 0.25) is 54.4 Å². The summed E-state index contributed by atoms with van der Waals surface area (Å²) in [7, 11) is -5.09. The highest BCUT2D eigenvalue weighted by atomic mass is 79.9. The van der Waals surface area contributed by atoms with E-state index in [-0.39, 0.29) is 80.5 Å². The first-order valence-corrected chi connectivity index (χ1v) is 51.0. The SMILES string of the molecule is CC(C)(C)[Si](C)(C)OCCc1csc(Br)n1.CC(C)(O)c1nc(CCO[Si](C)(C)C(C)(C)C)c(S(N)(=O)=O)s1.CC(C)(O)c1nc(CCO[Si](C)(C)C(C)(C)C)cs1.CCO.COC(=O)CC(=O)CCl.COC(=O)Cc1csc(Br)n1.COC(=O)Cc1csc(N)n1.NC(N)=S.OCCc1csc(Br)n1. The van der Waals surface area contributed by atoms with Crippen LogP contribution in [0.25, 0.3) is 0 Å². The molecule has 0 atom stereocenters. The number of aromatic nitrogens is 6. The number of hydrogen-bond acceptors (Lipinski definition) is 30. The Balaban J connectivity index is -0.00000116. The third kappa shape index (κ3) is 48.7. The summed E-state index contributed by atoms with van der Waals surface area (Å²) in [4.78, 5) is 67.1. The van der Waals surface area contributed by atoms with Crippen LogP contribution in [0.3, 0.4) is 0 Å². The van der Waals surface area contributed by atoms with Gasteiger partial charge in [-0.05, 0) is 149 Å². The van der Waals surface area contributed by atoms with Gasteiger partial charge >= 0.3 is 17.9 Å². The summed E-state index contributed by atoms with van der Waals surface area (Å²) in [5.74, 6) is -1.54. The highest BCUT2D eigenvalue weighted by Crippen LogP contribution is 2.39. The number of hydrogen-bond donors (Lipinski definition) is 8. The van der Waals surface area contributed by atoms with Crippen LogP contribution in [-0.2, 0) is 106 Å². The number of primary sulfonamides is 1. The first-order chi connectivity index (χ1) is 47.8. The molecular weight excluding hydrogens is 1780 g/mol. The molecule has 0 amide bonds. The number of nitrogens with two attached hydrogens (primary N) is 4. The van der Waals surface area contributed by atoms with Crippen LogP contribution in [-0.4, -0.2) is 173 Å². The lowest BCUT2D eigenvalue weighted by molar-refractivity contribution is -0.143. The Morgan fingerprint density at radius 2 is 0.867 bits per heavy atom. The quantitative estimate of drug-likeness (QED) is 0.00696. The number of thiocarbonyl (C=S) groups is 1. The van der Waals surface area contributed by atoms with Crippen molar-refractivity contribution < 1.29 is 75.5 Å². The maximum atomic E-state index is 11.7. The summed E-state index contributed by atoms with van der Waals surface area (Å²) in [6.07, 6.45) is 2.96. The molecule has 105 heavy (non-hydrogen) atoms. The Hall–Kier alpha value is -2.64. The number of esters is 3. The average Bonchev–Trinajstić information content (AvgIpc) is 1.70. The fourth-order valence-electron chi connectivity index (χ4n) is 5.95. The van der Waals surface area contributed by atoms with E-state index in [9.17, 15) is 37.8 Å². The molecule has 0 bridgehead atoms. The maximum absolute atomic E-state index is 11.7. The predicted octanol–water partition coefficient (Wildman–Crippen LogP) is 14.0. The number of aliphatic hydroxyl groups excluding tert-OH is 2. The molecule has 6 heterocycles. The molecule has 26 nitrogen and oxygen atoms in total. The third-order valence-electron chi connectivity index (χ3n) is 14.7. The Morgan fingerprint density at radius 1 is 0.543 bits per heavy atom. The van der Waals surface area contributed by atoms with Crippen molar-refractivity contribution in [2.45, 2.75) is 212 Å². The summed E-state index contributed by atoms with van der Waals surface area (Å²) in [6, 6.07) is 0. The monoisotopic (exact) mass is 1890 g/mol. The molecule has 0 aromatic carbocycles. The molecule has 41 heteroatoms. The van der Waals surface area contributed by atoms with E-state index in [1.807, 2.05) is 16.1 Å². The van der Waals surface area contributed by atoms with E-state index in [1.54, 1.807) is 51.3 Å². The summed E-state index contributed by atoms with van der Waals surface area (Å²) in [5, 5.41) is 53.0. The van der Waals surface area contributed by atoms with Crippen molar-refractivity contribution in [2.24, 2.45) is 16.6 Å². The van der Waals surface area contributed by atoms with E-state index >= 15 is 0 Å². The highest BCUT2D eigenvalue weighted by Gasteiger charge is 2.39. The standard InChI is InChI=1S/C14H28N2O4S2Si.C14H27NO2SSi.C11H20BrNOSSi.C6H6BrNO2S.C6H8N2O2S.C5H6BrNOS.C5H7ClO3.C2H6O.CH4N2S/c1-13(2,3)23(6,7)20-9-8-10-11(22(15,18)19)21-12(16-10)14(4,5)17;1-13(2,3)19(6,7)17-9-8-11-10-18-12(15-11)14(4,5)16;1-11(2,3)16(4,5)14-7-6-9-8-15-10(12)13-9;2*1-10-5(9)2-4-3-11-6(7)8-4;6-5-7-4(1-2-8)3-9-5;1-9-5(8)2-4(7)3-6;1-2-3;2-1(3)4/h17H,8-9H2,1-7H3,(H2,15,18,19);10,16H,8-9H2,1-7H3;8H,6-7H2,1-5H3;3H,2H2,1H3;3H,2H2,1H3,(H2,7,8);3,8H,1-2H2;2-3H2,1H3;3H,2H2,1H3;(H4,2,3,4). The molecule has 0 aliphatic carbocycles. The molecule has 12 N–H and O–H groups in total. The number of anilines is 1. The number of Topliss-reactive ketones (excluding diaryl/α,β-unsaturated/α-hetero) is 1. The van der Waals surface area contributed by atoms with Gasteiger partial charge in [-0.3, -0.25) is 19.2 Å². The number of rotatable bonds is 24. The number of methoxy groups -OCH3 is 3. The summed E-state index contributed by atoms with van der Waals surface area (Å²) in [5.41, 5.74) is 17.4. The zero-order chi connectivity index (χ0) is 82.3. The van der Waals surface area contributed by atoms with Crippen LogP contribution in [0, 0.1) is 0 Å². The van der Waals surface area contributed by atoms with Crippen LogP contribution in [0.1, 0.15) is 148 Å². The van der Waals surface area contributed by atoms with Crippen LogP contribution in [0.4, 0.5) is 5.13 Å². The van der Waals surface area contributed by atoms with Gasteiger partial charge in [-0.15, -0.1) is 79.6 Å². The minimum atomic E-state index is -3.87. The lowest BCUT2D eigenvalue weighted by atomic mass is 10.1. The van der Waals surface area contributed by atoms with Crippen molar-refractivity contribution >= 4 is 209 Å². The third-order valence-corrected chi connectivity index (χ3v) is 37.7. The summed E-state index contributed by atoms with van der Waals surface area (Å²) in [6.45, 7) is 44.0. The molecule has 6 aromatic rings. The number of nitrogens with zero attached hydrogens (tertiary/aromatic N) is 6. The minimum Gasteiger partial charge on any atom is -0.469 e. The van der Waals surface area contributed by atoms with Gasteiger partial charge in [0.15, 0.2) is 56.9 Å². The molecule has 0 aliphatic heterocycles. The van der Waals surface area contributed by atoms with Crippen LogP contribution >= 0.6 is 140 Å². The van der Waals surface area contributed by atoms with Crippen LogP contribution in [0.15, 0.2) is 42.9 Å². The van der Waals surface area contributed by atoms with Gasteiger partial charge < -0.3 is 65.1 Å². The number of sulfonamides is 1. The van der Waals surface area contributed by atoms with E-state index < -0.39 is 52.1 Å². The Morgan fingerprint density at radius 3 is 1.15 bits per heavy atom. The zero-order valence-corrected chi connectivity index (χ0v) is 79.6. The number of carbonyl (C=O) groups excluding carboxylic acids is 4. The van der Waals surface area contributed by atoms with Gasteiger partial charge in [0, 0.05) is 85.6 Å². The second kappa shape index (κ2) is 51.1. The topological polar surface area (TPSA) is 420 Å². The number of ether oxygens (including phenoxy) is 3.